The zero-order chi connectivity index (χ0) is 16.1. The van der Waals surface area contributed by atoms with E-state index >= 15 is 0 Å². The Kier molecular flexibility index (Phi) is 3.14. The van der Waals surface area contributed by atoms with Crippen LogP contribution in [0.2, 0.25) is 0 Å². The summed E-state index contributed by atoms with van der Waals surface area (Å²) in [6.07, 6.45) is 7.62. The van der Waals surface area contributed by atoms with Crippen molar-refractivity contribution < 1.29 is 14.0 Å². The van der Waals surface area contributed by atoms with Gasteiger partial charge < -0.3 is 9.32 Å². The van der Waals surface area contributed by atoms with E-state index in [0.29, 0.717) is 11.6 Å². The normalized spacial score (nSPS) is 32.2. The molecule has 2 bridgehead atoms. The number of hydrogen-bond acceptors (Lipinski definition) is 5. The van der Waals surface area contributed by atoms with Crippen molar-refractivity contribution in [2.24, 2.45) is 28.8 Å². The summed E-state index contributed by atoms with van der Waals surface area (Å²) >= 11 is 0. The van der Waals surface area contributed by atoms with Gasteiger partial charge in [-0.2, -0.15) is 10.1 Å². The molecule has 0 N–H and O–H groups in total. The molecule has 6 nitrogen and oxygen atoms in total. The van der Waals surface area contributed by atoms with Crippen molar-refractivity contribution in [3.63, 3.8) is 0 Å². The van der Waals surface area contributed by atoms with Crippen LogP contribution in [0.1, 0.15) is 18.6 Å². The second-order valence-corrected chi connectivity index (χ2v) is 6.64. The first-order valence-corrected chi connectivity index (χ1v) is 7.93. The average molecular weight is 313 g/mol. The van der Waals surface area contributed by atoms with Crippen molar-refractivity contribution in [3.8, 4) is 0 Å². The first kappa shape index (κ1) is 14.2. The predicted molar refractivity (Wildman–Crippen MR) is 84.8 cm³/mol. The minimum Gasteiger partial charge on any atom is -0.440 e. The van der Waals surface area contributed by atoms with Crippen molar-refractivity contribution in [2.75, 3.05) is 19.0 Å². The van der Waals surface area contributed by atoms with E-state index < -0.39 is 0 Å². The summed E-state index contributed by atoms with van der Waals surface area (Å²) in [5.74, 6) is 0.793. The van der Waals surface area contributed by atoms with Gasteiger partial charge in [0.05, 0.1) is 18.1 Å². The van der Waals surface area contributed by atoms with Gasteiger partial charge >= 0.3 is 0 Å². The van der Waals surface area contributed by atoms with Gasteiger partial charge in [-0.25, -0.2) is 0 Å². The Morgan fingerprint density at radius 3 is 2.22 bits per heavy atom. The molecule has 3 aliphatic carbocycles. The van der Waals surface area contributed by atoms with Gasteiger partial charge in [0.1, 0.15) is 5.76 Å². The number of furan rings is 1. The Morgan fingerprint density at radius 2 is 1.74 bits per heavy atom. The molecule has 0 radical (unpaired) electrons. The third-order valence-corrected chi connectivity index (χ3v) is 5.09. The molecule has 1 saturated carbocycles. The Balaban J connectivity index is 1.57. The highest BCUT2D eigenvalue weighted by molar-refractivity contribution is 6.06. The molecule has 4 aliphatic rings. The highest BCUT2D eigenvalue weighted by Crippen LogP contribution is 2.49. The molecule has 1 saturated heterocycles. The third-order valence-electron chi connectivity index (χ3n) is 5.09. The van der Waals surface area contributed by atoms with E-state index in [0.717, 1.165) is 17.9 Å². The Labute approximate surface area is 134 Å². The first-order valence-electron chi connectivity index (χ1n) is 7.93. The monoisotopic (exact) mass is 313 g/mol. The molecular formula is C17H19N3O3. The van der Waals surface area contributed by atoms with Crippen molar-refractivity contribution >= 4 is 23.9 Å². The number of hydrogen-bond donors (Lipinski definition) is 0. The van der Waals surface area contributed by atoms with E-state index in [-0.39, 0.29) is 35.5 Å². The van der Waals surface area contributed by atoms with Gasteiger partial charge in [-0.1, -0.05) is 12.2 Å². The SMILES string of the molecule is CN(C)c1ccc(/C=N\N2C(=O)[C@H]3[C@H](C2=O)[C@H]2C=C[C@H]3CC2)o1. The van der Waals surface area contributed by atoms with Crippen LogP contribution in [-0.2, 0) is 9.59 Å². The molecule has 23 heavy (non-hydrogen) atoms. The van der Waals surface area contributed by atoms with Crippen LogP contribution in [0.15, 0.2) is 33.8 Å². The fourth-order valence-electron chi connectivity index (χ4n) is 3.94. The largest absolute Gasteiger partial charge is 0.440 e. The fourth-order valence-corrected chi connectivity index (χ4v) is 3.94. The van der Waals surface area contributed by atoms with Gasteiger partial charge in [-0.3, -0.25) is 9.59 Å². The maximum atomic E-state index is 12.6. The lowest BCUT2D eigenvalue weighted by Gasteiger charge is -2.37. The highest BCUT2D eigenvalue weighted by atomic mass is 16.4. The van der Waals surface area contributed by atoms with Gasteiger partial charge in [0.2, 0.25) is 0 Å². The lowest BCUT2D eigenvalue weighted by molar-refractivity contribution is -0.140. The number of amides is 2. The molecule has 1 aromatic heterocycles. The minimum absolute atomic E-state index is 0.172. The Bertz CT molecular complexity index is 686. The number of carbonyl (C=O) groups is 2. The summed E-state index contributed by atoms with van der Waals surface area (Å²) in [4.78, 5) is 27.0. The standard InChI is InChI=1S/C17H19N3O3/c1-19(2)13-8-7-12(23-13)9-18-20-16(21)14-10-3-4-11(6-5-10)15(14)17(20)22/h3-4,7-11,14-15H,5-6H2,1-2H3/b18-9-/t10-,11-,14+,15+/m0/s1. The van der Waals surface area contributed by atoms with E-state index in [1.54, 1.807) is 6.07 Å². The number of anilines is 1. The zero-order valence-corrected chi connectivity index (χ0v) is 13.2. The molecule has 0 spiro atoms. The maximum Gasteiger partial charge on any atom is 0.254 e. The maximum absolute atomic E-state index is 12.6. The highest BCUT2D eigenvalue weighted by Gasteiger charge is 2.56. The summed E-state index contributed by atoms with van der Waals surface area (Å²) in [7, 11) is 3.75. The molecule has 0 aromatic carbocycles. The van der Waals surface area contributed by atoms with Gasteiger partial charge in [-0.05, 0) is 30.7 Å². The molecule has 2 fully saturated rings. The topological polar surface area (TPSA) is 66.1 Å². The molecule has 2 amide bonds. The van der Waals surface area contributed by atoms with Crippen molar-refractivity contribution in [2.45, 2.75) is 12.8 Å². The number of rotatable bonds is 3. The summed E-state index contributed by atoms with van der Waals surface area (Å²) in [6.45, 7) is 0. The predicted octanol–water partition coefficient (Wildman–Crippen LogP) is 1.88. The molecule has 2 heterocycles. The van der Waals surface area contributed by atoms with Crippen LogP contribution in [0.25, 0.3) is 0 Å². The zero-order valence-electron chi connectivity index (χ0n) is 13.2. The molecular weight excluding hydrogens is 294 g/mol. The molecule has 1 aliphatic heterocycles. The van der Waals surface area contributed by atoms with Crippen LogP contribution in [0.5, 0.6) is 0 Å². The molecule has 120 valence electrons. The van der Waals surface area contributed by atoms with E-state index in [1.165, 1.54) is 6.21 Å². The number of hydrazone groups is 1. The van der Waals surface area contributed by atoms with E-state index in [9.17, 15) is 9.59 Å². The third kappa shape index (κ3) is 2.12. The Hall–Kier alpha value is -2.37. The molecule has 5 rings (SSSR count). The lowest BCUT2D eigenvalue weighted by atomic mass is 9.63. The number of imide groups is 1. The summed E-state index contributed by atoms with van der Waals surface area (Å²) < 4.78 is 5.56. The summed E-state index contributed by atoms with van der Waals surface area (Å²) in [6, 6.07) is 3.58. The van der Waals surface area contributed by atoms with Crippen LogP contribution < -0.4 is 4.90 Å². The minimum atomic E-state index is -0.225. The molecule has 6 heteroatoms. The first-order chi connectivity index (χ1) is 11.1. The van der Waals surface area contributed by atoms with Crippen molar-refractivity contribution in [1.82, 2.24) is 5.01 Å². The Morgan fingerprint density at radius 1 is 1.13 bits per heavy atom. The fraction of sp³-hybridized carbons (Fsp3) is 0.471. The summed E-state index contributed by atoms with van der Waals surface area (Å²) in [5, 5.41) is 5.17. The average Bonchev–Trinajstić information content (AvgIpc) is 3.13. The molecule has 1 aromatic rings. The number of carbonyl (C=O) groups excluding carboxylic acids is 2. The van der Waals surface area contributed by atoms with Crippen molar-refractivity contribution in [1.29, 1.82) is 0 Å². The second kappa shape index (κ2) is 5.08. The molecule has 4 atom stereocenters. The van der Waals surface area contributed by atoms with Crippen LogP contribution in [-0.4, -0.2) is 37.1 Å². The van der Waals surface area contributed by atoms with Gasteiger partial charge in [-0.15, -0.1) is 0 Å². The van der Waals surface area contributed by atoms with Gasteiger partial charge in [0, 0.05) is 20.2 Å². The van der Waals surface area contributed by atoms with E-state index in [2.05, 4.69) is 17.3 Å². The number of nitrogens with zero attached hydrogens (tertiary/aromatic N) is 3. The lowest BCUT2D eigenvalue weighted by Crippen LogP contribution is -2.38. The smallest absolute Gasteiger partial charge is 0.254 e. The van der Waals surface area contributed by atoms with Crippen LogP contribution in [0, 0.1) is 23.7 Å². The summed E-state index contributed by atoms with van der Waals surface area (Å²) in [5.41, 5.74) is 0. The number of fused-ring (bicyclic) bond motifs is 1. The van der Waals surface area contributed by atoms with Crippen LogP contribution >= 0.6 is 0 Å². The number of allylic oxidation sites excluding steroid dienone is 2. The van der Waals surface area contributed by atoms with E-state index in [1.807, 2.05) is 25.1 Å². The van der Waals surface area contributed by atoms with Crippen molar-refractivity contribution in [3.05, 3.63) is 30.0 Å². The second-order valence-electron chi connectivity index (χ2n) is 6.64. The molecule has 0 unspecified atom stereocenters. The van der Waals surface area contributed by atoms with Crippen LogP contribution in [0.4, 0.5) is 5.88 Å². The quantitative estimate of drug-likeness (QED) is 0.485. The van der Waals surface area contributed by atoms with Crippen LogP contribution in [0.3, 0.4) is 0 Å². The van der Waals surface area contributed by atoms with Gasteiger partial charge in [0.15, 0.2) is 5.88 Å². The van der Waals surface area contributed by atoms with E-state index in [4.69, 9.17) is 4.42 Å². The van der Waals surface area contributed by atoms with Gasteiger partial charge in [0.25, 0.3) is 11.8 Å².